The third-order valence-electron chi connectivity index (χ3n) is 4.42. The maximum Gasteiger partial charge on any atom is 0.338 e. The van der Waals surface area contributed by atoms with Crippen LogP contribution in [0.1, 0.15) is 27.6 Å². The number of aliphatic hydroxyl groups excluding tert-OH is 1. The summed E-state index contributed by atoms with van der Waals surface area (Å²) in [5.41, 5.74) is 5.48. The van der Waals surface area contributed by atoms with E-state index in [4.69, 9.17) is 19.9 Å². The number of hydrogen-bond donors (Lipinski definition) is 2. The minimum absolute atomic E-state index is 0.218. The van der Waals surface area contributed by atoms with Crippen molar-refractivity contribution in [3.63, 3.8) is 0 Å². The molecule has 0 bridgehead atoms. The molecule has 0 saturated carbocycles. The van der Waals surface area contributed by atoms with Crippen molar-refractivity contribution in [3.05, 3.63) is 71.8 Å². The van der Waals surface area contributed by atoms with Crippen LogP contribution < -0.4 is 5.73 Å². The molecule has 27 heavy (non-hydrogen) atoms. The van der Waals surface area contributed by atoms with Gasteiger partial charge in [0, 0.05) is 0 Å². The predicted octanol–water partition coefficient (Wildman–Crippen LogP) is 1.50. The van der Waals surface area contributed by atoms with E-state index in [9.17, 15) is 14.7 Å². The summed E-state index contributed by atoms with van der Waals surface area (Å²) in [5.74, 6) is -1.15. The summed E-state index contributed by atoms with van der Waals surface area (Å²) in [5, 5.41) is 10.1. The van der Waals surface area contributed by atoms with Gasteiger partial charge >= 0.3 is 11.9 Å². The van der Waals surface area contributed by atoms with E-state index in [-0.39, 0.29) is 6.61 Å². The lowest BCUT2D eigenvalue weighted by atomic mass is 9.94. The number of carbonyl (C=O) groups is 2. The lowest BCUT2D eigenvalue weighted by Gasteiger charge is -2.28. The minimum atomic E-state index is -1.37. The van der Waals surface area contributed by atoms with E-state index in [2.05, 4.69) is 0 Å². The smallest absolute Gasteiger partial charge is 0.338 e. The van der Waals surface area contributed by atoms with Crippen LogP contribution in [0.3, 0.4) is 0 Å². The zero-order chi connectivity index (χ0) is 19.4. The minimum Gasteiger partial charge on any atom is -0.459 e. The van der Waals surface area contributed by atoms with E-state index in [0.29, 0.717) is 11.1 Å². The van der Waals surface area contributed by atoms with Gasteiger partial charge in [-0.15, -0.1) is 0 Å². The van der Waals surface area contributed by atoms with Crippen molar-refractivity contribution >= 4 is 11.9 Å². The van der Waals surface area contributed by atoms with Gasteiger partial charge in [0.05, 0.1) is 11.1 Å². The van der Waals surface area contributed by atoms with Gasteiger partial charge < -0.3 is 25.1 Å². The summed E-state index contributed by atoms with van der Waals surface area (Å²) in [6.07, 6.45) is -3.26. The van der Waals surface area contributed by atoms with Gasteiger partial charge in [-0.05, 0) is 31.2 Å². The van der Waals surface area contributed by atoms with Gasteiger partial charge in [0.15, 0.2) is 12.4 Å². The van der Waals surface area contributed by atoms with Crippen molar-refractivity contribution in [1.29, 1.82) is 0 Å². The van der Waals surface area contributed by atoms with Gasteiger partial charge in [0.2, 0.25) is 0 Å². The van der Waals surface area contributed by atoms with Crippen molar-refractivity contribution in [3.8, 4) is 0 Å². The molecule has 0 amide bonds. The van der Waals surface area contributed by atoms with E-state index >= 15 is 0 Å². The average molecular weight is 371 g/mol. The first-order valence-corrected chi connectivity index (χ1v) is 8.50. The van der Waals surface area contributed by atoms with Crippen LogP contribution in [-0.4, -0.2) is 47.7 Å². The quantitative estimate of drug-likeness (QED) is 0.767. The van der Waals surface area contributed by atoms with Crippen LogP contribution in [0.2, 0.25) is 0 Å². The lowest BCUT2D eigenvalue weighted by molar-refractivity contribution is -0.121. The highest BCUT2D eigenvalue weighted by Crippen LogP contribution is 2.31. The van der Waals surface area contributed by atoms with Gasteiger partial charge in [-0.2, -0.15) is 0 Å². The van der Waals surface area contributed by atoms with Crippen LogP contribution in [0.4, 0.5) is 0 Å². The highest BCUT2D eigenvalue weighted by Gasteiger charge is 2.53. The first kappa shape index (κ1) is 19.0. The van der Waals surface area contributed by atoms with Crippen molar-refractivity contribution in [2.24, 2.45) is 5.73 Å². The Kier molecular flexibility index (Phi) is 5.55. The number of hydrogen-bond acceptors (Lipinski definition) is 7. The molecule has 7 heteroatoms. The fraction of sp³-hybridized carbons (Fsp3) is 0.300. The molecule has 3 N–H and O–H groups in total. The second kappa shape index (κ2) is 7.87. The molecule has 1 aliphatic heterocycles. The van der Waals surface area contributed by atoms with Gasteiger partial charge in [0.25, 0.3) is 0 Å². The number of benzene rings is 2. The molecule has 142 valence electrons. The SMILES string of the molecule is C[C@]1(N)C(O)O[C@H](COC(=O)c2ccccc2)[C@H]1OC(=O)c1ccccc1. The van der Waals surface area contributed by atoms with E-state index < -0.39 is 36.0 Å². The van der Waals surface area contributed by atoms with E-state index in [1.807, 2.05) is 0 Å². The van der Waals surface area contributed by atoms with Crippen molar-refractivity contribution < 1.29 is 28.9 Å². The van der Waals surface area contributed by atoms with Crippen molar-refractivity contribution in [1.82, 2.24) is 0 Å². The molecule has 1 unspecified atom stereocenters. The highest BCUT2D eigenvalue weighted by molar-refractivity contribution is 5.90. The van der Waals surface area contributed by atoms with Gasteiger partial charge in [-0.1, -0.05) is 36.4 Å². The zero-order valence-corrected chi connectivity index (χ0v) is 14.8. The summed E-state index contributed by atoms with van der Waals surface area (Å²) in [4.78, 5) is 24.5. The normalized spacial score (nSPS) is 27.1. The van der Waals surface area contributed by atoms with Crippen LogP contribution >= 0.6 is 0 Å². The fourth-order valence-corrected chi connectivity index (χ4v) is 2.83. The molecule has 0 radical (unpaired) electrons. The fourth-order valence-electron chi connectivity index (χ4n) is 2.83. The molecule has 2 aromatic carbocycles. The summed E-state index contributed by atoms with van der Waals surface area (Å²) in [6, 6.07) is 16.8. The second-order valence-electron chi connectivity index (χ2n) is 6.55. The summed E-state index contributed by atoms with van der Waals surface area (Å²) >= 11 is 0. The predicted molar refractivity (Wildman–Crippen MR) is 95.8 cm³/mol. The molecule has 0 aliphatic carbocycles. The molecular weight excluding hydrogens is 350 g/mol. The monoisotopic (exact) mass is 371 g/mol. The Morgan fingerprint density at radius 1 is 1.04 bits per heavy atom. The molecule has 1 saturated heterocycles. The molecule has 1 heterocycles. The van der Waals surface area contributed by atoms with Gasteiger partial charge in [0.1, 0.15) is 18.2 Å². The number of ether oxygens (including phenoxy) is 3. The molecule has 1 fully saturated rings. The summed E-state index contributed by atoms with van der Waals surface area (Å²) in [7, 11) is 0. The molecule has 3 rings (SSSR count). The van der Waals surface area contributed by atoms with Crippen LogP contribution in [0.15, 0.2) is 60.7 Å². The topological polar surface area (TPSA) is 108 Å². The number of esters is 2. The summed E-state index contributed by atoms with van der Waals surface area (Å²) < 4.78 is 16.1. The first-order chi connectivity index (χ1) is 12.9. The Balaban J connectivity index is 1.69. The Bertz CT molecular complexity index is 793. The van der Waals surface area contributed by atoms with Gasteiger partial charge in [-0.25, -0.2) is 9.59 Å². The largest absolute Gasteiger partial charge is 0.459 e. The van der Waals surface area contributed by atoms with Crippen LogP contribution in [0, 0.1) is 0 Å². The van der Waals surface area contributed by atoms with Crippen LogP contribution in [0.25, 0.3) is 0 Å². The molecule has 0 spiro atoms. The zero-order valence-electron chi connectivity index (χ0n) is 14.8. The molecule has 4 atom stereocenters. The summed E-state index contributed by atoms with van der Waals surface area (Å²) in [6.45, 7) is 1.30. The Morgan fingerprint density at radius 2 is 1.56 bits per heavy atom. The molecule has 0 aromatic heterocycles. The number of aliphatic hydroxyl groups is 1. The number of rotatable bonds is 5. The maximum atomic E-state index is 12.4. The Morgan fingerprint density at radius 3 is 2.11 bits per heavy atom. The number of nitrogens with two attached hydrogens (primary N) is 1. The van der Waals surface area contributed by atoms with E-state index in [0.717, 1.165) is 0 Å². The number of carbonyl (C=O) groups excluding carboxylic acids is 2. The molecular formula is C20H21NO6. The molecule has 7 nitrogen and oxygen atoms in total. The molecule has 1 aliphatic rings. The van der Waals surface area contributed by atoms with E-state index in [1.54, 1.807) is 60.7 Å². The standard InChI is InChI=1S/C20H21NO6/c1-20(21)16(27-18(23)14-10-6-3-7-11-14)15(26-19(20)24)12-25-17(22)13-8-4-2-5-9-13/h2-11,15-16,19,24H,12,21H2,1H3/t15-,16-,19?,20-/m1/s1. The second-order valence-corrected chi connectivity index (χ2v) is 6.55. The Labute approximate surface area is 156 Å². The third kappa shape index (κ3) is 4.16. The highest BCUT2D eigenvalue weighted by atomic mass is 16.7. The average Bonchev–Trinajstić information content (AvgIpc) is 2.90. The molecule has 2 aromatic rings. The van der Waals surface area contributed by atoms with Crippen molar-refractivity contribution in [2.75, 3.05) is 6.61 Å². The first-order valence-electron chi connectivity index (χ1n) is 8.50. The van der Waals surface area contributed by atoms with E-state index in [1.165, 1.54) is 6.92 Å². The van der Waals surface area contributed by atoms with Crippen LogP contribution in [-0.2, 0) is 14.2 Å². The maximum absolute atomic E-state index is 12.4. The van der Waals surface area contributed by atoms with Gasteiger partial charge in [-0.3, -0.25) is 0 Å². The Hall–Kier alpha value is -2.74. The van der Waals surface area contributed by atoms with Crippen molar-refractivity contribution in [2.45, 2.75) is 31.0 Å². The lowest BCUT2D eigenvalue weighted by Crippen LogP contribution is -2.55. The third-order valence-corrected chi connectivity index (χ3v) is 4.42. The van der Waals surface area contributed by atoms with Crippen LogP contribution in [0.5, 0.6) is 0 Å².